The summed E-state index contributed by atoms with van der Waals surface area (Å²) < 4.78 is 13.5. The molecule has 5 aliphatic rings. The summed E-state index contributed by atoms with van der Waals surface area (Å²) in [7, 11) is 0. The Labute approximate surface area is 428 Å². The third kappa shape index (κ3) is 8.57. The average Bonchev–Trinajstić information content (AvgIpc) is 4.00. The van der Waals surface area contributed by atoms with Crippen LogP contribution in [0.15, 0.2) is 77.9 Å². The summed E-state index contributed by atoms with van der Waals surface area (Å²) in [6, 6.07) is 16.7. The highest BCUT2D eigenvalue weighted by atomic mass is 16.6. The van der Waals surface area contributed by atoms with E-state index in [1.807, 2.05) is 82.0 Å². The molecule has 0 saturated carbocycles. The lowest BCUT2D eigenvalue weighted by Gasteiger charge is -2.44. The number of aromatic nitrogens is 3. The predicted octanol–water partition coefficient (Wildman–Crippen LogP) is 6.98. The van der Waals surface area contributed by atoms with E-state index in [2.05, 4.69) is 25.7 Å². The molecular formula is C56H62N8O10. The van der Waals surface area contributed by atoms with Gasteiger partial charge in [0, 0.05) is 78.8 Å². The van der Waals surface area contributed by atoms with Crippen molar-refractivity contribution in [3.8, 4) is 34.3 Å². The minimum Gasteiger partial charge on any atom is -0.508 e. The normalized spacial score (nSPS) is 21.0. The number of piperazine rings is 1. The number of fused-ring (bicyclic) bond motifs is 4. The van der Waals surface area contributed by atoms with Crippen molar-refractivity contribution >= 4 is 51.7 Å². The second-order valence-corrected chi connectivity index (χ2v) is 20.3. The fraction of sp³-hybridized carbons (Fsp3) is 0.411. The second kappa shape index (κ2) is 19.6. The highest BCUT2D eigenvalue weighted by Gasteiger charge is 2.55. The maximum Gasteiger partial charge on any atom is 0.411 e. The average molecular weight is 1010 g/mol. The molecule has 386 valence electrons. The number of Topliss-reactive ketones (excluding diaryl/α,β-unsaturated/α-hetero) is 1. The molecule has 5 N–H and O–H groups in total. The Hall–Kier alpha value is -7.73. The lowest BCUT2D eigenvalue weighted by molar-refractivity contribution is -0.164. The van der Waals surface area contributed by atoms with Gasteiger partial charge in [0.25, 0.3) is 5.91 Å². The number of ketones is 1. The van der Waals surface area contributed by atoms with E-state index in [0.29, 0.717) is 79.9 Å². The molecule has 0 radical (unpaired) electrons. The van der Waals surface area contributed by atoms with E-state index in [4.69, 9.17) is 9.47 Å². The zero-order valence-corrected chi connectivity index (χ0v) is 42.5. The van der Waals surface area contributed by atoms with Crippen LogP contribution in [-0.4, -0.2) is 138 Å². The number of nitrogens with zero attached hydrogens (tertiary/aromatic N) is 6. The van der Waals surface area contributed by atoms with Gasteiger partial charge in [-0.1, -0.05) is 45.9 Å². The summed E-state index contributed by atoms with van der Waals surface area (Å²) >= 11 is 0. The Morgan fingerprint density at radius 2 is 1.68 bits per heavy atom. The number of nitrogens with one attached hydrogen (secondary N) is 2. The van der Waals surface area contributed by atoms with Gasteiger partial charge >= 0.3 is 12.1 Å². The molecule has 1 aromatic heterocycles. The van der Waals surface area contributed by atoms with E-state index in [0.717, 1.165) is 33.2 Å². The summed E-state index contributed by atoms with van der Waals surface area (Å²) in [6.07, 6.45) is 3.09. The number of hydrogen-bond donors (Lipinski definition) is 5. The number of carbonyl (C=O) groups is 5. The van der Waals surface area contributed by atoms with Crippen LogP contribution in [-0.2, 0) is 36.8 Å². The van der Waals surface area contributed by atoms with Crippen molar-refractivity contribution in [3.63, 3.8) is 0 Å². The fourth-order valence-corrected chi connectivity index (χ4v) is 11.5. The number of aryl methyl sites for hydroxylation is 1. The van der Waals surface area contributed by atoms with Crippen molar-refractivity contribution in [3.05, 3.63) is 106 Å². The molecule has 4 aromatic carbocycles. The smallest absolute Gasteiger partial charge is 0.411 e. The first kappa shape index (κ1) is 49.8. The van der Waals surface area contributed by atoms with Gasteiger partial charge in [0.15, 0.2) is 11.6 Å². The zero-order valence-electron chi connectivity index (χ0n) is 42.5. The van der Waals surface area contributed by atoms with Gasteiger partial charge in [-0.25, -0.2) is 9.59 Å². The Morgan fingerprint density at radius 3 is 2.36 bits per heavy atom. The van der Waals surface area contributed by atoms with Crippen molar-refractivity contribution in [1.29, 1.82) is 0 Å². The van der Waals surface area contributed by atoms with Gasteiger partial charge in [0.05, 0.1) is 5.56 Å². The number of benzene rings is 4. The molecule has 2 saturated heterocycles. The molecular weight excluding hydrogens is 945 g/mol. The summed E-state index contributed by atoms with van der Waals surface area (Å²) in [5.41, 5.74) is 4.57. The number of anilines is 1. The van der Waals surface area contributed by atoms with Gasteiger partial charge < -0.3 is 45.2 Å². The van der Waals surface area contributed by atoms with E-state index in [-0.39, 0.29) is 84.1 Å². The summed E-state index contributed by atoms with van der Waals surface area (Å²) in [5.74, 6) is -1.40. The standard InChI is InChI=1S/C56H62N8O10/c1-7-37-39-23-36(65)15-12-34(39)22-40-41-25-44-43(49(68)48(41)58-47(37)40)29-73-54(71)56(44,8-2)74-55(72)63-21-20-62(27-31(63)6)53(70)33-16-18-61(19-17-33)28-32-10-13-35(14-11-32)64-50(59-60-51(64)52(69)57-9-3)42-24-38(30(4)5)45(66)26-46(42)67/h10-15,22-26,30-31,33,48,58,65-67H,7-9,16-21,27-29H2,1-6H3,(H,57,69)/t31?,48?,56-/m0/s1. The molecule has 10 rings (SSSR count). The summed E-state index contributed by atoms with van der Waals surface area (Å²) in [5, 5.41) is 48.3. The maximum absolute atomic E-state index is 14.3. The first-order valence-electron chi connectivity index (χ1n) is 25.7. The van der Waals surface area contributed by atoms with Crippen LogP contribution in [0.4, 0.5) is 10.5 Å². The number of cyclic esters (lactones) is 1. The number of amides is 3. The number of ether oxygens (including phenoxy) is 2. The van der Waals surface area contributed by atoms with E-state index >= 15 is 0 Å². The van der Waals surface area contributed by atoms with Gasteiger partial charge in [-0.05, 0) is 134 Å². The van der Waals surface area contributed by atoms with Crippen LogP contribution in [0, 0.1) is 5.92 Å². The minimum absolute atomic E-state index is 0.0318. The lowest BCUT2D eigenvalue weighted by Crippen LogP contribution is -2.59. The number of phenols is 3. The molecule has 3 atom stereocenters. The van der Waals surface area contributed by atoms with Crippen LogP contribution in [0.1, 0.15) is 99.6 Å². The lowest BCUT2D eigenvalue weighted by atomic mass is 9.76. The van der Waals surface area contributed by atoms with Crippen LogP contribution in [0.3, 0.4) is 0 Å². The van der Waals surface area contributed by atoms with E-state index in [1.165, 1.54) is 6.07 Å². The Kier molecular flexibility index (Phi) is 13.2. The van der Waals surface area contributed by atoms with Crippen LogP contribution < -0.4 is 10.6 Å². The molecule has 5 aromatic rings. The van der Waals surface area contributed by atoms with E-state index < -0.39 is 35.7 Å². The summed E-state index contributed by atoms with van der Waals surface area (Å²) in [6.45, 7) is 14.2. The molecule has 74 heavy (non-hydrogen) atoms. The number of carbonyl (C=O) groups excluding carboxylic acids is 5. The van der Waals surface area contributed by atoms with Gasteiger partial charge in [-0.2, -0.15) is 0 Å². The third-order valence-corrected chi connectivity index (χ3v) is 15.5. The molecule has 2 fully saturated rings. The Morgan fingerprint density at radius 1 is 0.919 bits per heavy atom. The quantitative estimate of drug-likeness (QED) is 0.0841. The van der Waals surface area contributed by atoms with Gasteiger partial charge in [-0.3, -0.25) is 23.9 Å². The maximum atomic E-state index is 14.3. The Bertz CT molecular complexity index is 3190. The minimum atomic E-state index is -1.87. The monoisotopic (exact) mass is 1010 g/mol. The van der Waals surface area contributed by atoms with E-state index in [9.17, 15) is 39.3 Å². The number of rotatable bonds is 11. The molecule has 3 amide bonds. The van der Waals surface area contributed by atoms with Crippen LogP contribution in [0.25, 0.3) is 33.4 Å². The number of phenolic OH excluding ortho intramolecular Hbond substituents is 3. The number of esters is 1. The molecule has 4 aliphatic heterocycles. The van der Waals surface area contributed by atoms with Crippen molar-refractivity contribution < 1.29 is 48.8 Å². The SMILES string of the molecule is CCNC(=O)c1nnc(-c2cc(C(C)C)c(O)cc2O)n1-c1ccc(CN2CCC(C(=O)N3CCN(C(=O)O[C@]4(CC)C(=O)OCC5=C4C=C4c6cc7ccc(O)cc7c(CC)c6NC4C5=O)C(C)C3)CC2)cc1. The molecule has 2 unspecified atom stereocenters. The number of aromatic hydroxyl groups is 3. The first-order chi connectivity index (χ1) is 35.5. The van der Waals surface area contributed by atoms with Gasteiger partial charge in [0.1, 0.15) is 29.9 Å². The highest BCUT2D eigenvalue weighted by molar-refractivity contribution is 6.19. The van der Waals surface area contributed by atoms with Crippen LogP contribution in [0.2, 0.25) is 0 Å². The first-order valence-corrected chi connectivity index (χ1v) is 25.7. The molecule has 0 bridgehead atoms. The second-order valence-electron chi connectivity index (χ2n) is 20.3. The van der Waals surface area contributed by atoms with Crippen LogP contribution in [0.5, 0.6) is 17.2 Å². The van der Waals surface area contributed by atoms with Crippen LogP contribution >= 0.6 is 0 Å². The molecule has 18 heteroatoms. The van der Waals surface area contributed by atoms with Crippen molar-refractivity contribution in [2.45, 2.75) is 97.4 Å². The highest BCUT2D eigenvalue weighted by Crippen LogP contribution is 2.49. The van der Waals surface area contributed by atoms with Crippen molar-refractivity contribution in [1.82, 2.24) is 34.8 Å². The number of piperidine rings is 1. The summed E-state index contributed by atoms with van der Waals surface area (Å²) in [4.78, 5) is 75.3. The number of hydrogen-bond acceptors (Lipinski definition) is 14. The molecule has 18 nitrogen and oxygen atoms in total. The van der Waals surface area contributed by atoms with Crippen molar-refractivity contribution in [2.24, 2.45) is 5.92 Å². The largest absolute Gasteiger partial charge is 0.508 e. The predicted molar refractivity (Wildman–Crippen MR) is 276 cm³/mol. The topological polar surface area (TPSA) is 229 Å². The molecule has 0 spiro atoms. The molecule has 1 aliphatic carbocycles. The van der Waals surface area contributed by atoms with Crippen molar-refractivity contribution in [2.75, 3.05) is 51.2 Å². The van der Waals surface area contributed by atoms with Gasteiger partial charge in [-0.15, -0.1) is 10.2 Å². The van der Waals surface area contributed by atoms with E-state index in [1.54, 1.807) is 34.6 Å². The third-order valence-electron chi connectivity index (χ3n) is 15.5. The fourth-order valence-electron chi connectivity index (χ4n) is 11.5. The Balaban J connectivity index is 0.780. The van der Waals surface area contributed by atoms with Gasteiger partial charge in [0.2, 0.25) is 17.3 Å². The number of likely N-dealkylation sites (tertiary alicyclic amines) is 1. The molecule has 5 heterocycles. The zero-order chi connectivity index (χ0) is 52.3.